The molecule has 0 radical (unpaired) electrons. The molecule has 0 spiro atoms. The van der Waals surface area contributed by atoms with Crippen LogP contribution >= 0.6 is 0 Å². The maximum atomic E-state index is 14.5. The second-order valence-electron chi connectivity index (χ2n) is 3.97. The van der Waals surface area contributed by atoms with Crippen LogP contribution < -0.4 is 5.43 Å². The third-order valence-electron chi connectivity index (χ3n) is 2.83. The van der Waals surface area contributed by atoms with Crippen molar-refractivity contribution in [1.29, 1.82) is 0 Å². The topological polar surface area (TPSA) is 74.8 Å². The first kappa shape index (κ1) is 13.2. The molecule has 1 heterocycles. The first-order valence-corrected chi connectivity index (χ1v) is 5.25. The molecule has 1 aliphatic rings. The van der Waals surface area contributed by atoms with Crippen LogP contribution in [0.15, 0.2) is 35.4 Å². The molecule has 8 heteroatoms. The lowest BCUT2D eigenvalue weighted by Gasteiger charge is -2.35. The Morgan fingerprint density at radius 2 is 1.84 bits per heavy atom. The van der Waals surface area contributed by atoms with Gasteiger partial charge in [0.05, 0.1) is 0 Å². The Labute approximate surface area is 106 Å². The Hall–Kier alpha value is -2.25. The van der Waals surface area contributed by atoms with Crippen LogP contribution in [0.4, 0.5) is 13.2 Å². The van der Waals surface area contributed by atoms with Crippen molar-refractivity contribution in [3.05, 3.63) is 35.9 Å². The van der Waals surface area contributed by atoms with Crippen LogP contribution in [0.1, 0.15) is 5.56 Å². The number of benzene rings is 1. The fraction of sp³-hybridized carbons (Fsp3) is 0.273. The van der Waals surface area contributed by atoms with Gasteiger partial charge in [-0.2, -0.15) is 13.2 Å². The molecule has 0 bridgehead atoms. The van der Waals surface area contributed by atoms with Crippen molar-refractivity contribution >= 4 is 11.9 Å². The van der Waals surface area contributed by atoms with Crippen molar-refractivity contribution in [2.75, 3.05) is 7.05 Å². The average molecular weight is 273 g/mol. The Morgan fingerprint density at radius 1 is 1.32 bits per heavy atom. The smallest absolute Gasteiger partial charge is 0.370 e. The van der Waals surface area contributed by atoms with Crippen molar-refractivity contribution in [3.63, 3.8) is 0 Å². The van der Waals surface area contributed by atoms with Crippen LogP contribution in [0.25, 0.3) is 0 Å². The van der Waals surface area contributed by atoms with E-state index in [-0.39, 0.29) is 10.9 Å². The number of carboxylic acids is 1. The number of rotatable bonds is 4. The molecule has 19 heavy (non-hydrogen) atoms. The SMILES string of the molecule is CN(C1=NN1)[C@](F)(C(=O)O)C(F)(F)c1ccccc1. The van der Waals surface area contributed by atoms with E-state index in [9.17, 15) is 18.0 Å². The van der Waals surface area contributed by atoms with Crippen LogP contribution in [0.5, 0.6) is 0 Å². The summed E-state index contributed by atoms with van der Waals surface area (Å²) in [5.41, 5.74) is 1.42. The monoisotopic (exact) mass is 273 g/mol. The number of carbonyl (C=O) groups is 1. The molecular formula is C11H10F3N3O2. The molecule has 1 aliphatic heterocycles. The lowest BCUT2D eigenvalue weighted by Crippen LogP contribution is -2.60. The van der Waals surface area contributed by atoms with E-state index in [1.54, 1.807) is 0 Å². The summed E-state index contributed by atoms with van der Waals surface area (Å²) >= 11 is 0. The van der Waals surface area contributed by atoms with Crippen molar-refractivity contribution in [3.8, 4) is 0 Å². The molecule has 0 fully saturated rings. The fourth-order valence-corrected chi connectivity index (χ4v) is 1.65. The fourth-order valence-electron chi connectivity index (χ4n) is 1.65. The summed E-state index contributed by atoms with van der Waals surface area (Å²) in [5, 5.41) is 12.2. The van der Waals surface area contributed by atoms with Crippen LogP contribution in [-0.2, 0) is 10.7 Å². The molecule has 0 unspecified atom stereocenters. The molecule has 0 aliphatic carbocycles. The van der Waals surface area contributed by atoms with Gasteiger partial charge in [0.15, 0.2) is 0 Å². The number of guanidine groups is 1. The number of hydrazone groups is 1. The van der Waals surface area contributed by atoms with E-state index < -0.39 is 23.2 Å². The maximum absolute atomic E-state index is 14.5. The van der Waals surface area contributed by atoms with Crippen LogP contribution in [0.3, 0.4) is 0 Å². The normalized spacial score (nSPS) is 16.9. The predicted molar refractivity (Wildman–Crippen MR) is 60.1 cm³/mol. The zero-order chi connectivity index (χ0) is 14.3. The first-order chi connectivity index (χ1) is 8.81. The van der Waals surface area contributed by atoms with Gasteiger partial charge in [0, 0.05) is 12.6 Å². The van der Waals surface area contributed by atoms with Gasteiger partial charge in [-0.3, -0.25) is 4.90 Å². The Bertz CT molecular complexity index is 535. The van der Waals surface area contributed by atoms with Crippen molar-refractivity contribution < 1.29 is 23.1 Å². The van der Waals surface area contributed by atoms with Crippen LogP contribution in [0.2, 0.25) is 0 Å². The van der Waals surface area contributed by atoms with E-state index >= 15 is 0 Å². The molecule has 0 aromatic heterocycles. The summed E-state index contributed by atoms with van der Waals surface area (Å²) in [5.74, 6) is -10.7. The summed E-state index contributed by atoms with van der Waals surface area (Å²) in [6, 6.07) is 5.95. The number of likely N-dealkylation sites (N-methyl/N-ethyl adjacent to an activating group) is 1. The van der Waals surface area contributed by atoms with Gasteiger partial charge < -0.3 is 5.11 Å². The zero-order valence-corrected chi connectivity index (χ0v) is 9.77. The quantitative estimate of drug-likeness (QED) is 0.812. The van der Waals surface area contributed by atoms with Gasteiger partial charge in [0.2, 0.25) is 5.96 Å². The minimum Gasteiger partial charge on any atom is -0.477 e. The highest BCUT2D eigenvalue weighted by Gasteiger charge is 2.66. The maximum Gasteiger partial charge on any atom is 0.370 e. The van der Waals surface area contributed by atoms with E-state index in [0.29, 0.717) is 0 Å². The summed E-state index contributed by atoms with van der Waals surface area (Å²) in [7, 11) is 0.893. The van der Waals surface area contributed by atoms with Crippen molar-refractivity contribution in [2.24, 2.45) is 5.10 Å². The van der Waals surface area contributed by atoms with E-state index in [1.807, 2.05) is 0 Å². The van der Waals surface area contributed by atoms with E-state index in [0.717, 1.165) is 19.2 Å². The Balaban J connectivity index is 2.49. The molecule has 102 valence electrons. The van der Waals surface area contributed by atoms with E-state index in [4.69, 9.17) is 5.11 Å². The largest absolute Gasteiger partial charge is 0.477 e. The molecule has 1 aromatic rings. The molecular weight excluding hydrogens is 263 g/mol. The van der Waals surface area contributed by atoms with Gasteiger partial charge >= 0.3 is 17.7 Å². The van der Waals surface area contributed by atoms with Gasteiger partial charge in [-0.25, -0.2) is 10.2 Å². The number of halogens is 3. The second-order valence-corrected chi connectivity index (χ2v) is 3.97. The van der Waals surface area contributed by atoms with Crippen molar-refractivity contribution in [2.45, 2.75) is 11.7 Å². The average Bonchev–Trinajstić information content (AvgIpc) is 3.21. The predicted octanol–water partition coefficient (Wildman–Crippen LogP) is 1.33. The number of nitrogens with one attached hydrogen (secondary N) is 1. The Morgan fingerprint density at radius 3 is 2.26 bits per heavy atom. The van der Waals surface area contributed by atoms with E-state index in [1.165, 1.54) is 18.2 Å². The molecule has 0 saturated carbocycles. The summed E-state index contributed by atoms with van der Waals surface area (Å²) in [6.07, 6.45) is 0. The minimum atomic E-state index is -4.25. The van der Waals surface area contributed by atoms with Gasteiger partial charge in [-0.1, -0.05) is 30.3 Å². The summed E-state index contributed by atoms with van der Waals surface area (Å²) in [4.78, 5) is 11.3. The highest BCUT2D eigenvalue weighted by Crippen LogP contribution is 2.44. The lowest BCUT2D eigenvalue weighted by molar-refractivity contribution is -0.215. The number of alkyl halides is 3. The number of aliphatic carboxylic acids is 1. The highest BCUT2D eigenvalue weighted by atomic mass is 19.3. The van der Waals surface area contributed by atoms with Gasteiger partial charge in [-0.15, -0.1) is 5.10 Å². The molecule has 1 atom stereocenters. The van der Waals surface area contributed by atoms with Gasteiger partial charge in [0.1, 0.15) is 0 Å². The summed E-state index contributed by atoms with van der Waals surface area (Å²) < 4.78 is 42.9. The third-order valence-corrected chi connectivity index (χ3v) is 2.83. The standard InChI is InChI=1S/C11H10F3N3O2/c1-17(9-15-16-9)11(14,8(18)19)10(12,13)7-5-3-2-4-6-7/h2-6H,1H3,(H,15,16)(H,18,19)/t11-/m1/s1. The van der Waals surface area contributed by atoms with Crippen LogP contribution in [-0.4, -0.2) is 34.8 Å². The van der Waals surface area contributed by atoms with Gasteiger partial charge in [-0.05, 0) is 0 Å². The number of carboxylic acid groups (broad SMARTS) is 1. The molecule has 2 rings (SSSR count). The summed E-state index contributed by atoms with van der Waals surface area (Å²) in [6.45, 7) is 0. The van der Waals surface area contributed by atoms with E-state index in [2.05, 4.69) is 10.5 Å². The number of nitrogens with zero attached hydrogens (tertiary/aromatic N) is 2. The first-order valence-electron chi connectivity index (χ1n) is 5.25. The third kappa shape index (κ3) is 1.88. The minimum absolute atomic E-state index is 0.250. The molecule has 5 nitrogen and oxygen atoms in total. The van der Waals surface area contributed by atoms with Crippen LogP contribution in [0, 0.1) is 0 Å². The second kappa shape index (κ2) is 4.15. The lowest BCUT2D eigenvalue weighted by atomic mass is 9.97. The molecule has 0 amide bonds. The zero-order valence-electron chi connectivity index (χ0n) is 9.77. The number of hydrogen-bond donors (Lipinski definition) is 2. The molecule has 0 saturated heterocycles. The molecule has 2 N–H and O–H groups in total. The number of hydrogen-bond acceptors (Lipinski definition) is 4. The highest BCUT2D eigenvalue weighted by molar-refractivity contribution is 5.93. The van der Waals surface area contributed by atoms with Crippen molar-refractivity contribution in [1.82, 2.24) is 10.3 Å². The van der Waals surface area contributed by atoms with Gasteiger partial charge in [0.25, 0.3) is 0 Å². The molecule has 1 aromatic carbocycles. The Kier molecular flexibility index (Phi) is 2.88.